The van der Waals surface area contributed by atoms with E-state index in [1.54, 1.807) is 12.1 Å². The fourth-order valence-corrected chi connectivity index (χ4v) is 5.80. The van der Waals surface area contributed by atoms with E-state index in [4.69, 9.17) is 30.9 Å². The van der Waals surface area contributed by atoms with Crippen LogP contribution in [0.4, 0.5) is 10.5 Å². The van der Waals surface area contributed by atoms with E-state index in [1.165, 1.54) is 31.8 Å². The van der Waals surface area contributed by atoms with Gasteiger partial charge in [0.05, 0.1) is 33.1 Å². The number of hydrogen-bond donors (Lipinski definition) is 3. The van der Waals surface area contributed by atoms with Gasteiger partial charge < -0.3 is 34.9 Å². The molecule has 12 heteroatoms. The number of amides is 3. The Morgan fingerprint density at radius 2 is 1.61 bits per heavy atom. The Morgan fingerprint density at radius 1 is 0.976 bits per heavy atom. The second-order valence-corrected chi connectivity index (χ2v) is 10.8. The highest BCUT2D eigenvalue weighted by Crippen LogP contribution is 2.40. The number of urea groups is 1. The number of carbonyl (C=O) groups excluding carboxylic acids is 2. The fourth-order valence-electron chi connectivity index (χ4n) is 5.67. The number of carbonyl (C=O) groups is 3. The molecule has 2 fully saturated rings. The number of aliphatic carboxylic acids is 1. The summed E-state index contributed by atoms with van der Waals surface area (Å²) in [7, 11) is 4.48. The van der Waals surface area contributed by atoms with Crippen molar-refractivity contribution in [1.29, 1.82) is 0 Å². The minimum Gasteiger partial charge on any atom is -0.493 e. The van der Waals surface area contributed by atoms with Crippen LogP contribution >= 0.6 is 11.6 Å². The number of carboxylic acid groups (broad SMARTS) is 1. The Hall–Kier alpha value is -3.70. The lowest BCUT2D eigenvalue weighted by Crippen LogP contribution is -2.54. The summed E-state index contributed by atoms with van der Waals surface area (Å²) < 4.78 is 16.1. The van der Waals surface area contributed by atoms with Crippen molar-refractivity contribution in [2.75, 3.05) is 52.8 Å². The van der Waals surface area contributed by atoms with Gasteiger partial charge in [0, 0.05) is 36.3 Å². The molecule has 2 atom stereocenters. The second-order valence-electron chi connectivity index (χ2n) is 10.4. The van der Waals surface area contributed by atoms with Crippen LogP contribution in [0.2, 0.25) is 5.02 Å². The molecule has 0 radical (unpaired) electrons. The van der Waals surface area contributed by atoms with E-state index in [-0.39, 0.29) is 18.6 Å². The van der Waals surface area contributed by atoms with Gasteiger partial charge in [0.15, 0.2) is 11.5 Å². The predicted octanol–water partition coefficient (Wildman–Crippen LogP) is 3.50. The van der Waals surface area contributed by atoms with Gasteiger partial charge in [-0.15, -0.1) is 0 Å². The molecule has 0 spiro atoms. The van der Waals surface area contributed by atoms with E-state index in [9.17, 15) is 14.4 Å². The number of methoxy groups -OCH3 is 3. The van der Waals surface area contributed by atoms with Crippen LogP contribution in [0, 0.1) is 5.92 Å². The Balaban J connectivity index is 1.43. The molecule has 41 heavy (non-hydrogen) atoms. The summed E-state index contributed by atoms with van der Waals surface area (Å²) in [6, 6.07) is 10.2. The van der Waals surface area contributed by atoms with Crippen molar-refractivity contribution in [2.45, 2.75) is 37.8 Å². The number of hydrogen-bond acceptors (Lipinski definition) is 7. The zero-order valence-electron chi connectivity index (χ0n) is 23.5. The number of anilines is 1. The van der Waals surface area contributed by atoms with E-state index in [0.717, 1.165) is 37.4 Å². The maximum atomic E-state index is 13.1. The Kier molecular flexibility index (Phi) is 10.2. The van der Waals surface area contributed by atoms with Crippen molar-refractivity contribution in [3.8, 4) is 17.2 Å². The molecule has 1 unspecified atom stereocenters. The molecule has 0 saturated carbocycles. The van der Waals surface area contributed by atoms with Crippen molar-refractivity contribution >= 4 is 35.2 Å². The summed E-state index contributed by atoms with van der Waals surface area (Å²) in [5.74, 6) is 0.0818. The lowest BCUT2D eigenvalue weighted by atomic mass is 9.89. The Labute approximate surface area is 244 Å². The molecule has 0 aliphatic carbocycles. The van der Waals surface area contributed by atoms with Crippen LogP contribution in [0.3, 0.4) is 0 Å². The van der Waals surface area contributed by atoms with Gasteiger partial charge in [0.25, 0.3) is 0 Å². The van der Waals surface area contributed by atoms with Gasteiger partial charge in [-0.2, -0.15) is 0 Å². The number of nitrogens with one attached hydrogen (secondary N) is 2. The van der Waals surface area contributed by atoms with Gasteiger partial charge in [-0.05, 0) is 56.0 Å². The quantitative estimate of drug-likeness (QED) is 0.360. The minimum absolute atomic E-state index is 0.144. The minimum atomic E-state index is -1.17. The molecule has 222 valence electrons. The van der Waals surface area contributed by atoms with E-state index < -0.39 is 24.3 Å². The predicted molar refractivity (Wildman–Crippen MR) is 154 cm³/mol. The lowest BCUT2D eigenvalue weighted by molar-refractivity contribution is -0.143. The topological polar surface area (TPSA) is 130 Å². The summed E-state index contributed by atoms with van der Waals surface area (Å²) >= 11 is 6.02. The average molecular weight is 589 g/mol. The van der Waals surface area contributed by atoms with Gasteiger partial charge in [0.2, 0.25) is 11.7 Å². The van der Waals surface area contributed by atoms with Crippen LogP contribution < -0.4 is 24.8 Å². The van der Waals surface area contributed by atoms with Crippen molar-refractivity contribution in [3.05, 3.63) is 47.0 Å². The first-order valence-electron chi connectivity index (χ1n) is 13.6. The molecule has 2 aliphatic heterocycles. The SMILES string of the molecule is COc1cc(NC(=O)NC2CN(C(=O)CC(=O)O)C[C@H]2N2CCC(Cc3ccc(Cl)cc3)CC2)cc(OC)c1OC. The molecule has 0 aromatic heterocycles. The molecule has 3 amide bonds. The normalized spacial score (nSPS) is 19.5. The molecule has 11 nitrogen and oxygen atoms in total. The van der Waals surface area contributed by atoms with Gasteiger partial charge in [-0.3, -0.25) is 14.5 Å². The Morgan fingerprint density at radius 3 is 2.17 bits per heavy atom. The van der Waals surface area contributed by atoms with Crippen molar-refractivity contribution < 1.29 is 33.7 Å². The fraction of sp³-hybridized carbons (Fsp3) is 0.483. The van der Waals surface area contributed by atoms with Crippen molar-refractivity contribution in [3.63, 3.8) is 0 Å². The van der Waals surface area contributed by atoms with Gasteiger partial charge >= 0.3 is 12.0 Å². The van der Waals surface area contributed by atoms with Gasteiger partial charge in [0.1, 0.15) is 6.42 Å². The molecule has 0 bridgehead atoms. The molecule has 2 aliphatic rings. The number of benzene rings is 2. The summed E-state index contributed by atoms with van der Waals surface area (Å²) in [5, 5.41) is 15.7. The van der Waals surface area contributed by atoms with Crippen LogP contribution in [-0.2, 0) is 16.0 Å². The standard InChI is InChI=1S/C29H37ClN4O7/c1-39-24-13-21(14-25(40-2)28(24)41-3)31-29(38)32-22-16-34(26(35)15-27(36)37)17-23(22)33-10-8-19(9-11-33)12-18-4-6-20(30)7-5-18/h4-7,13-14,19,22-23H,8-12,15-17H2,1-3H3,(H,36,37)(H2,31,32,38)/t22?,23-/m1/s1. The summed E-state index contributed by atoms with van der Waals surface area (Å²) in [6.45, 7) is 2.21. The molecule has 2 saturated heterocycles. The maximum absolute atomic E-state index is 13.1. The van der Waals surface area contributed by atoms with E-state index in [1.807, 2.05) is 12.1 Å². The largest absolute Gasteiger partial charge is 0.493 e. The zero-order valence-corrected chi connectivity index (χ0v) is 24.3. The van der Waals surface area contributed by atoms with Gasteiger partial charge in [-0.1, -0.05) is 23.7 Å². The highest BCUT2D eigenvalue weighted by molar-refractivity contribution is 6.30. The smallest absolute Gasteiger partial charge is 0.319 e. The zero-order chi connectivity index (χ0) is 29.5. The third-order valence-electron chi connectivity index (χ3n) is 7.74. The summed E-state index contributed by atoms with van der Waals surface area (Å²) in [6.07, 6.45) is 2.34. The highest BCUT2D eigenvalue weighted by atomic mass is 35.5. The number of ether oxygens (including phenoxy) is 3. The summed E-state index contributed by atoms with van der Waals surface area (Å²) in [5.41, 5.74) is 1.69. The molecule has 2 aromatic carbocycles. The molecular formula is C29H37ClN4O7. The third kappa shape index (κ3) is 7.74. The first-order valence-corrected chi connectivity index (χ1v) is 13.9. The van der Waals surface area contributed by atoms with Crippen LogP contribution in [-0.4, -0.2) is 92.4 Å². The van der Waals surface area contributed by atoms with E-state index >= 15 is 0 Å². The number of likely N-dealkylation sites (tertiary alicyclic amines) is 2. The van der Waals surface area contributed by atoms with Gasteiger partial charge in [-0.25, -0.2) is 4.79 Å². The first kappa shape index (κ1) is 30.3. The number of halogens is 1. The van der Waals surface area contributed by atoms with Crippen LogP contribution in [0.5, 0.6) is 17.2 Å². The van der Waals surface area contributed by atoms with E-state index in [2.05, 4.69) is 27.7 Å². The highest BCUT2D eigenvalue weighted by Gasteiger charge is 2.41. The number of carboxylic acids is 1. The molecule has 4 rings (SSSR count). The third-order valence-corrected chi connectivity index (χ3v) is 7.99. The van der Waals surface area contributed by atoms with Crippen LogP contribution in [0.25, 0.3) is 0 Å². The van der Waals surface area contributed by atoms with E-state index in [0.29, 0.717) is 35.4 Å². The maximum Gasteiger partial charge on any atom is 0.319 e. The Bertz CT molecular complexity index is 1210. The van der Waals surface area contributed by atoms with Crippen molar-refractivity contribution in [1.82, 2.24) is 15.1 Å². The summed E-state index contributed by atoms with van der Waals surface area (Å²) in [4.78, 5) is 40.8. The van der Waals surface area contributed by atoms with Crippen LogP contribution in [0.1, 0.15) is 24.8 Å². The first-order chi connectivity index (χ1) is 19.7. The van der Waals surface area contributed by atoms with Crippen LogP contribution in [0.15, 0.2) is 36.4 Å². The number of nitrogens with zero attached hydrogens (tertiary/aromatic N) is 2. The monoisotopic (exact) mass is 588 g/mol. The second kappa shape index (κ2) is 13.8. The molecule has 3 N–H and O–H groups in total. The molecular weight excluding hydrogens is 552 g/mol. The van der Waals surface area contributed by atoms with Crippen molar-refractivity contribution in [2.24, 2.45) is 5.92 Å². The number of piperidine rings is 1. The average Bonchev–Trinajstić information content (AvgIpc) is 3.37. The molecule has 2 aromatic rings. The lowest BCUT2D eigenvalue weighted by Gasteiger charge is -2.38. The number of rotatable bonds is 10. The molecule has 2 heterocycles.